The van der Waals surface area contributed by atoms with E-state index in [9.17, 15) is 8.42 Å². The van der Waals surface area contributed by atoms with E-state index in [-0.39, 0.29) is 12.3 Å². The lowest BCUT2D eigenvalue weighted by Gasteiger charge is -2.09. The number of hydrogen-bond donors (Lipinski definition) is 1. The molecule has 0 aliphatic rings. The number of para-hydroxylation sites is 1. The Morgan fingerprint density at radius 2 is 1.70 bits per heavy atom. The van der Waals surface area contributed by atoms with Gasteiger partial charge in [-0.2, -0.15) is 0 Å². The average Bonchev–Trinajstić information content (AvgIpc) is 2.54. The molecular formula is C17H20BrNO3S. The molecule has 0 spiro atoms. The highest BCUT2D eigenvalue weighted by atomic mass is 79.9. The van der Waals surface area contributed by atoms with Crippen molar-refractivity contribution < 1.29 is 13.2 Å². The van der Waals surface area contributed by atoms with Crippen molar-refractivity contribution in [2.75, 3.05) is 18.9 Å². The van der Waals surface area contributed by atoms with Crippen molar-refractivity contribution in [3.05, 3.63) is 64.6 Å². The van der Waals surface area contributed by atoms with E-state index in [1.807, 2.05) is 54.6 Å². The van der Waals surface area contributed by atoms with Crippen molar-refractivity contribution in [3.63, 3.8) is 0 Å². The summed E-state index contributed by atoms with van der Waals surface area (Å²) < 4.78 is 32.8. The Morgan fingerprint density at radius 1 is 1.00 bits per heavy atom. The van der Waals surface area contributed by atoms with E-state index >= 15 is 0 Å². The zero-order valence-corrected chi connectivity index (χ0v) is 15.1. The first kappa shape index (κ1) is 18.0. The molecule has 0 radical (unpaired) electrons. The SMILES string of the molecule is O=S(=O)(CCCc1ccccc1)NCCOc1ccccc1Br. The maximum Gasteiger partial charge on any atom is 0.211 e. The van der Waals surface area contributed by atoms with Gasteiger partial charge in [-0.05, 0) is 46.5 Å². The highest BCUT2D eigenvalue weighted by Gasteiger charge is 2.09. The maximum absolute atomic E-state index is 11.9. The van der Waals surface area contributed by atoms with Gasteiger partial charge in [0, 0.05) is 6.54 Å². The fourth-order valence-electron chi connectivity index (χ4n) is 2.10. The predicted octanol–water partition coefficient (Wildman–Crippen LogP) is 3.38. The van der Waals surface area contributed by atoms with E-state index in [1.54, 1.807) is 0 Å². The second-order valence-electron chi connectivity index (χ2n) is 5.08. The summed E-state index contributed by atoms with van der Waals surface area (Å²) in [5.74, 6) is 0.826. The third-order valence-electron chi connectivity index (χ3n) is 3.24. The molecule has 0 fully saturated rings. The second kappa shape index (κ2) is 9.05. The molecule has 23 heavy (non-hydrogen) atoms. The highest BCUT2D eigenvalue weighted by molar-refractivity contribution is 9.10. The number of benzene rings is 2. The number of rotatable bonds is 9. The van der Waals surface area contributed by atoms with Crippen LogP contribution >= 0.6 is 15.9 Å². The lowest BCUT2D eigenvalue weighted by molar-refractivity contribution is 0.321. The van der Waals surface area contributed by atoms with Gasteiger partial charge in [-0.25, -0.2) is 13.1 Å². The smallest absolute Gasteiger partial charge is 0.211 e. The Labute approximate surface area is 146 Å². The Hall–Kier alpha value is -1.37. The summed E-state index contributed by atoms with van der Waals surface area (Å²) in [5, 5.41) is 0. The van der Waals surface area contributed by atoms with E-state index in [2.05, 4.69) is 20.7 Å². The molecule has 4 nitrogen and oxygen atoms in total. The van der Waals surface area contributed by atoms with Crippen LogP contribution in [0.1, 0.15) is 12.0 Å². The van der Waals surface area contributed by atoms with Crippen molar-refractivity contribution in [3.8, 4) is 5.75 Å². The fraction of sp³-hybridized carbons (Fsp3) is 0.294. The summed E-state index contributed by atoms with van der Waals surface area (Å²) in [5.41, 5.74) is 1.15. The van der Waals surface area contributed by atoms with Crippen molar-refractivity contribution in [2.24, 2.45) is 0 Å². The van der Waals surface area contributed by atoms with Gasteiger partial charge in [-0.1, -0.05) is 42.5 Å². The normalized spacial score (nSPS) is 11.3. The number of hydrogen-bond acceptors (Lipinski definition) is 3. The molecule has 2 aromatic carbocycles. The van der Waals surface area contributed by atoms with Gasteiger partial charge in [-0.3, -0.25) is 0 Å². The lowest BCUT2D eigenvalue weighted by Crippen LogP contribution is -2.30. The molecule has 0 saturated carbocycles. The van der Waals surface area contributed by atoms with E-state index in [1.165, 1.54) is 0 Å². The van der Waals surface area contributed by atoms with Crippen LogP contribution in [0.5, 0.6) is 5.75 Å². The van der Waals surface area contributed by atoms with Crippen LogP contribution in [-0.4, -0.2) is 27.3 Å². The van der Waals surface area contributed by atoms with Gasteiger partial charge in [0.2, 0.25) is 10.0 Å². The Balaban J connectivity index is 1.67. The molecule has 0 atom stereocenters. The van der Waals surface area contributed by atoms with E-state index in [0.29, 0.717) is 18.8 Å². The van der Waals surface area contributed by atoms with Gasteiger partial charge in [0.05, 0.1) is 10.2 Å². The molecular weight excluding hydrogens is 378 g/mol. The molecule has 124 valence electrons. The average molecular weight is 398 g/mol. The Kier molecular flexibility index (Phi) is 7.08. The van der Waals surface area contributed by atoms with Crippen LogP contribution in [0.15, 0.2) is 59.1 Å². The fourth-order valence-corrected chi connectivity index (χ4v) is 3.57. The second-order valence-corrected chi connectivity index (χ2v) is 7.86. The molecule has 0 aliphatic heterocycles. The number of aryl methyl sites for hydroxylation is 1. The van der Waals surface area contributed by atoms with E-state index < -0.39 is 10.0 Å². The molecule has 0 bridgehead atoms. The molecule has 0 aromatic heterocycles. The summed E-state index contributed by atoms with van der Waals surface area (Å²) in [6, 6.07) is 17.4. The molecule has 0 aliphatic carbocycles. The first-order valence-electron chi connectivity index (χ1n) is 7.45. The summed E-state index contributed by atoms with van der Waals surface area (Å²) >= 11 is 3.38. The van der Waals surface area contributed by atoms with Gasteiger partial charge in [0.1, 0.15) is 12.4 Å². The van der Waals surface area contributed by atoms with Gasteiger partial charge in [0.15, 0.2) is 0 Å². The minimum absolute atomic E-state index is 0.122. The molecule has 0 amide bonds. The number of halogens is 1. The summed E-state index contributed by atoms with van der Waals surface area (Å²) in [4.78, 5) is 0. The number of ether oxygens (including phenoxy) is 1. The largest absolute Gasteiger partial charge is 0.491 e. The molecule has 1 N–H and O–H groups in total. The maximum atomic E-state index is 11.9. The first-order valence-corrected chi connectivity index (χ1v) is 9.90. The summed E-state index contributed by atoms with van der Waals surface area (Å²) in [6.07, 6.45) is 1.36. The van der Waals surface area contributed by atoms with Gasteiger partial charge < -0.3 is 4.74 Å². The van der Waals surface area contributed by atoms with Crippen LogP contribution in [0.4, 0.5) is 0 Å². The van der Waals surface area contributed by atoms with Gasteiger partial charge >= 0.3 is 0 Å². The Morgan fingerprint density at radius 3 is 2.43 bits per heavy atom. The zero-order valence-electron chi connectivity index (χ0n) is 12.7. The number of sulfonamides is 1. The Bertz CT molecular complexity index is 705. The van der Waals surface area contributed by atoms with Crippen molar-refractivity contribution in [1.82, 2.24) is 4.72 Å². The van der Waals surface area contributed by atoms with Crippen LogP contribution < -0.4 is 9.46 Å². The van der Waals surface area contributed by atoms with Crippen LogP contribution in [0.2, 0.25) is 0 Å². The predicted molar refractivity (Wildman–Crippen MR) is 96.2 cm³/mol. The van der Waals surface area contributed by atoms with Gasteiger partial charge in [0.25, 0.3) is 0 Å². The summed E-state index contributed by atoms with van der Waals surface area (Å²) in [6.45, 7) is 0.551. The molecule has 2 rings (SSSR count). The molecule has 6 heteroatoms. The molecule has 2 aromatic rings. The minimum Gasteiger partial charge on any atom is -0.491 e. The third-order valence-corrected chi connectivity index (χ3v) is 5.36. The number of nitrogens with one attached hydrogen (secondary N) is 1. The topological polar surface area (TPSA) is 55.4 Å². The van der Waals surface area contributed by atoms with Crippen molar-refractivity contribution in [1.29, 1.82) is 0 Å². The monoisotopic (exact) mass is 397 g/mol. The standard InChI is InChI=1S/C17H20BrNO3S/c18-16-10-4-5-11-17(16)22-13-12-19-23(20,21)14-6-9-15-7-2-1-3-8-15/h1-5,7-8,10-11,19H,6,9,12-14H2. The van der Waals surface area contributed by atoms with Crippen molar-refractivity contribution in [2.45, 2.75) is 12.8 Å². The molecule has 0 unspecified atom stereocenters. The van der Waals surface area contributed by atoms with Crippen LogP contribution in [0, 0.1) is 0 Å². The van der Waals surface area contributed by atoms with Crippen molar-refractivity contribution >= 4 is 26.0 Å². The minimum atomic E-state index is -3.26. The van der Waals surface area contributed by atoms with Crippen LogP contribution in [0.25, 0.3) is 0 Å². The van der Waals surface area contributed by atoms with Gasteiger partial charge in [-0.15, -0.1) is 0 Å². The lowest BCUT2D eigenvalue weighted by atomic mass is 10.1. The zero-order chi connectivity index (χ0) is 16.5. The highest BCUT2D eigenvalue weighted by Crippen LogP contribution is 2.23. The molecule has 0 heterocycles. The molecule has 0 saturated heterocycles. The van der Waals surface area contributed by atoms with E-state index in [4.69, 9.17) is 4.74 Å². The van der Waals surface area contributed by atoms with Crippen LogP contribution in [0.3, 0.4) is 0 Å². The first-order chi connectivity index (χ1) is 11.1. The quantitative estimate of drug-likeness (QED) is 0.659. The van der Waals surface area contributed by atoms with Crippen LogP contribution in [-0.2, 0) is 16.4 Å². The third kappa shape index (κ3) is 6.72. The summed E-state index contributed by atoms with van der Waals surface area (Å²) in [7, 11) is -3.26. The van der Waals surface area contributed by atoms with E-state index in [0.717, 1.165) is 16.5 Å².